The first kappa shape index (κ1) is 20.2. The predicted molar refractivity (Wildman–Crippen MR) is 109 cm³/mol. The Kier molecular flexibility index (Phi) is 4.94. The molecular formula is C22H17ClF3N3O. The van der Waals surface area contributed by atoms with Crippen molar-refractivity contribution in [2.75, 3.05) is 5.73 Å². The molecule has 0 atom stereocenters. The number of hydrogen-bond donors (Lipinski definition) is 2. The van der Waals surface area contributed by atoms with E-state index in [-0.39, 0.29) is 17.3 Å². The predicted octanol–water partition coefficient (Wildman–Crippen LogP) is 5.42. The second-order valence-corrected chi connectivity index (χ2v) is 7.72. The van der Waals surface area contributed by atoms with Crippen LogP contribution in [0.4, 0.5) is 18.9 Å². The lowest BCUT2D eigenvalue weighted by Crippen LogP contribution is -2.34. The van der Waals surface area contributed by atoms with Gasteiger partial charge in [0, 0.05) is 22.3 Å². The van der Waals surface area contributed by atoms with Crippen LogP contribution in [-0.4, -0.2) is 10.9 Å². The van der Waals surface area contributed by atoms with Crippen molar-refractivity contribution in [2.45, 2.75) is 24.6 Å². The summed E-state index contributed by atoms with van der Waals surface area (Å²) < 4.78 is 38.4. The van der Waals surface area contributed by atoms with E-state index in [4.69, 9.17) is 17.3 Å². The van der Waals surface area contributed by atoms with Crippen molar-refractivity contribution in [3.05, 3.63) is 82.5 Å². The SMILES string of the molecule is Nc1cc(C(F)(F)F)cnc1-c1ccc(C2(NC(=O)c3ccc(Cl)cc3)CC2)cc1. The highest BCUT2D eigenvalue weighted by Gasteiger charge is 2.45. The molecule has 3 N–H and O–H groups in total. The molecule has 1 heterocycles. The number of carbonyl (C=O) groups excluding carboxylic acids is 1. The molecule has 1 aromatic heterocycles. The molecule has 30 heavy (non-hydrogen) atoms. The highest BCUT2D eigenvalue weighted by Crippen LogP contribution is 2.46. The molecule has 1 aliphatic rings. The van der Waals surface area contributed by atoms with Gasteiger partial charge in [0.25, 0.3) is 5.91 Å². The van der Waals surface area contributed by atoms with Gasteiger partial charge in [0.05, 0.1) is 22.5 Å². The van der Waals surface area contributed by atoms with Crippen molar-refractivity contribution >= 4 is 23.2 Å². The van der Waals surface area contributed by atoms with Crippen LogP contribution in [0.3, 0.4) is 0 Å². The molecule has 4 nitrogen and oxygen atoms in total. The summed E-state index contributed by atoms with van der Waals surface area (Å²) in [6, 6.07) is 14.7. The second kappa shape index (κ2) is 7.32. The fourth-order valence-corrected chi connectivity index (χ4v) is 3.45. The van der Waals surface area contributed by atoms with Crippen LogP contribution in [0.2, 0.25) is 5.02 Å². The number of nitrogens with zero attached hydrogens (tertiary/aromatic N) is 1. The van der Waals surface area contributed by atoms with Gasteiger partial charge in [-0.05, 0) is 48.7 Å². The van der Waals surface area contributed by atoms with Gasteiger partial charge in [-0.1, -0.05) is 35.9 Å². The lowest BCUT2D eigenvalue weighted by Gasteiger charge is -2.19. The normalized spacial score (nSPS) is 14.9. The standard InChI is InChI=1S/C22H17ClF3N3O/c23-17-7-3-14(4-8-17)20(30)29-21(9-10-21)15-5-1-13(2-6-15)19-18(27)11-16(12-28-19)22(24,25)26/h1-8,11-12H,9-10,27H2,(H,29,30). The monoisotopic (exact) mass is 431 g/mol. The number of halogens is 4. The number of nitrogen functional groups attached to an aromatic ring is 1. The summed E-state index contributed by atoms with van der Waals surface area (Å²) in [6.45, 7) is 0. The Morgan fingerprint density at radius 2 is 1.70 bits per heavy atom. The third kappa shape index (κ3) is 3.98. The van der Waals surface area contributed by atoms with Gasteiger partial charge in [0.1, 0.15) is 0 Å². The van der Waals surface area contributed by atoms with Crippen LogP contribution in [0, 0.1) is 0 Å². The summed E-state index contributed by atoms with van der Waals surface area (Å²) in [5.74, 6) is -0.193. The smallest absolute Gasteiger partial charge is 0.397 e. The van der Waals surface area contributed by atoms with Gasteiger partial charge >= 0.3 is 6.18 Å². The molecule has 154 valence electrons. The van der Waals surface area contributed by atoms with Crippen molar-refractivity contribution in [3.63, 3.8) is 0 Å². The average Bonchev–Trinajstić information content (AvgIpc) is 3.48. The number of aromatic nitrogens is 1. The fourth-order valence-electron chi connectivity index (χ4n) is 3.33. The van der Waals surface area contributed by atoms with Gasteiger partial charge in [0.2, 0.25) is 0 Å². The first-order valence-corrected chi connectivity index (χ1v) is 9.57. The Bertz CT molecular complexity index is 1090. The Hall–Kier alpha value is -3.06. The molecule has 3 aromatic rings. The zero-order valence-corrected chi connectivity index (χ0v) is 16.4. The molecule has 4 rings (SSSR count). The summed E-state index contributed by atoms with van der Waals surface area (Å²) in [5.41, 5.74) is 6.73. The van der Waals surface area contributed by atoms with Gasteiger partial charge in [-0.2, -0.15) is 13.2 Å². The van der Waals surface area contributed by atoms with E-state index in [0.29, 0.717) is 16.1 Å². The van der Waals surface area contributed by atoms with Crippen LogP contribution in [-0.2, 0) is 11.7 Å². The van der Waals surface area contributed by atoms with Crippen molar-refractivity contribution in [1.82, 2.24) is 10.3 Å². The van der Waals surface area contributed by atoms with Gasteiger partial charge in [-0.3, -0.25) is 9.78 Å². The quantitative estimate of drug-likeness (QED) is 0.579. The number of hydrogen-bond acceptors (Lipinski definition) is 3. The molecule has 0 radical (unpaired) electrons. The average molecular weight is 432 g/mol. The molecule has 1 aliphatic carbocycles. The van der Waals surface area contributed by atoms with Crippen LogP contribution in [0.1, 0.15) is 34.3 Å². The molecule has 0 saturated heterocycles. The molecule has 0 bridgehead atoms. The van der Waals surface area contributed by atoms with Crippen molar-refractivity contribution in [3.8, 4) is 11.3 Å². The number of pyridine rings is 1. The molecule has 1 fully saturated rings. The third-order valence-corrected chi connectivity index (χ3v) is 5.42. The van der Waals surface area contributed by atoms with Crippen LogP contribution in [0.25, 0.3) is 11.3 Å². The largest absolute Gasteiger partial charge is 0.417 e. The van der Waals surface area contributed by atoms with E-state index in [1.54, 1.807) is 36.4 Å². The van der Waals surface area contributed by atoms with Crippen molar-refractivity contribution < 1.29 is 18.0 Å². The first-order chi connectivity index (χ1) is 14.2. The molecular weight excluding hydrogens is 415 g/mol. The number of amides is 1. The number of benzene rings is 2. The molecule has 0 aliphatic heterocycles. The van der Waals surface area contributed by atoms with Gasteiger partial charge < -0.3 is 11.1 Å². The summed E-state index contributed by atoms with van der Waals surface area (Å²) in [6.07, 6.45) is -2.13. The Labute approximate surface area is 175 Å². The zero-order chi connectivity index (χ0) is 21.5. The number of anilines is 1. The number of rotatable bonds is 4. The van der Waals surface area contributed by atoms with Crippen molar-refractivity contribution in [1.29, 1.82) is 0 Å². The van der Waals surface area contributed by atoms with Gasteiger partial charge in [-0.15, -0.1) is 0 Å². The number of nitrogens with one attached hydrogen (secondary N) is 1. The van der Waals surface area contributed by atoms with Crippen LogP contribution < -0.4 is 11.1 Å². The number of carbonyl (C=O) groups is 1. The molecule has 8 heteroatoms. The Morgan fingerprint density at radius 1 is 1.07 bits per heavy atom. The lowest BCUT2D eigenvalue weighted by molar-refractivity contribution is -0.137. The van der Waals surface area contributed by atoms with E-state index in [9.17, 15) is 18.0 Å². The molecule has 0 unspecified atom stereocenters. The maximum absolute atomic E-state index is 12.8. The maximum atomic E-state index is 12.8. The van der Waals surface area contributed by atoms with E-state index in [1.807, 2.05) is 12.1 Å². The summed E-state index contributed by atoms with van der Waals surface area (Å²) in [4.78, 5) is 16.5. The first-order valence-electron chi connectivity index (χ1n) is 9.20. The highest BCUT2D eigenvalue weighted by molar-refractivity contribution is 6.30. The zero-order valence-electron chi connectivity index (χ0n) is 15.6. The highest BCUT2D eigenvalue weighted by atomic mass is 35.5. The minimum Gasteiger partial charge on any atom is -0.397 e. The molecule has 2 aromatic carbocycles. The summed E-state index contributed by atoms with van der Waals surface area (Å²) in [7, 11) is 0. The van der Waals surface area contributed by atoms with Crippen molar-refractivity contribution in [2.24, 2.45) is 0 Å². The van der Waals surface area contributed by atoms with E-state index in [0.717, 1.165) is 30.7 Å². The summed E-state index contributed by atoms with van der Waals surface area (Å²) >= 11 is 5.86. The second-order valence-electron chi connectivity index (χ2n) is 7.28. The van der Waals surface area contributed by atoms with Crippen LogP contribution in [0.15, 0.2) is 60.8 Å². The van der Waals surface area contributed by atoms with E-state index >= 15 is 0 Å². The minimum absolute atomic E-state index is 0.0465. The van der Waals surface area contributed by atoms with E-state index < -0.39 is 17.3 Å². The fraction of sp³-hybridized carbons (Fsp3) is 0.182. The van der Waals surface area contributed by atoms with Gasteiger partial charge in [-0.25, -0.2) is 0 Å². The Balaban J connectivity index is 1.53. The van der Waals surface area contributed by atoms with Gasteiger partial charge in [0.15, 0.2) is 0 Å². The lowest BCUT2D eigenvalue weighted by atomic mass is 10.00. The van der Waals surface area contributed by atoms with Crippen LogP contribution in [0.5, 0.6) is 0 Å². The third-order valence-electron chi connectivity index (χ3n) is 5.16. The number of alkyl halides is 3. The molecule has 1 amide bonds. The minimum atomic E-state index is -4.50. The maximum Gasteiger partial charge on any atom is 0.417 e. The number of nitrogens with two attached hydrogens (primary N) is 1. The molecule has 0 spiro atoms. The van der Waals surface area contributed by atoms with E-state index in [1.165, 1.54) is 0 Å². The topological polar surface area (TPSA) is 68.0 Å². The van der Waals surface area contributed by atoms with E-state index in [2.05, 4.69) is 10.3 Å². The molecule has 1 saturated carbocycles. The Morgan fingerprint density at radius 3 is 2.23 bits per heavy atom. The van der Waals surface area contributed by atoms with Crippen LogP contribution >= 0.6 is 11.6 Å². The summed E-state index contributed by atoms with van der Waals surface area (Å²) in [5, 5.41) is 3.62.